The summed E-state index contributed by atoms with van der Waals surface area (Å²) in [6, 6.07) is -0.104. The second kappa shape index (κ2) is 5.70. The number of hydrogen-bond donors (Lipinski definition) is 2. The molecule has 1 unspecified atom stereocenters. The van der Waals surface area contributed by atoms with Gasteiger partial charge < -0.3 is 15.7 Å². The van der Waals surface area contributed by atoms with Gasteiger partial charge >= 0.3 is 5.97 Å². The third-order valence-electron chi connectivity index (χ3n) is 2.70. The van der Waals surface area contributed by atoms with Crippen LogP contribution in [0.25, 0.3) is 0 Å². The number of hydrogen-bond acceptors (Lipinski definition) is 3. The van der Waals surface area contributed by atoms with Crippen LogP contribution in [0.15, 0.2) is 0 Å². The van der Waals surface area contributed by atoms with Crippen LogP contribution in [0.3, 0.4) is 0 Å². The largest absolute Gasteiger partial charge is 0.481 e. The van der Waals surface area contributed by atoms with Crippen molar-refractivity contribution < 1.29 is 14.7 Å². The van der Waals surface area contributed by atoms with Crippen LogP contribution < -0.4 is 5.73 Å². The Hall–Kier alpha value is -1.10. The van der Waals surface area contributed by atoms with Crippen LogP contribution in [0.4, 0.5) is 0 Å². The van der Waals surface area contributed by atoms with Gasteiger partial charge in [-0.3, -0.25) is 9.59 Å². The van der Waals surface area contributed by atoms with Crippen molar-refractivity contribution in [3.63, 3.8) is 0 Å². The standard InChI is InChI=1S/C10H18N2O3/c11-5-1-4-9(13)12-6-2-3-8(12)7-10(14)15/h8H,1-7,11H2,(H,14,15). The van der Waals surface area contributed by atoms with Crippen LogP contribution in [-0.4, -0.2) is 41.0 Å². The van der Waals surface area contributed by atoms with Gasteiger partial charge in [0.2, 0.25) is 5.91 Å². The van der Waals surface area contributed by atoms with Gasteiger partial charge in [0.1, 0.15) is 0 Å². The minimum absolute atomic E-state index is 0.0456. The van der Waals surface area contributed by atoms with E-state index in [2.05, 4.69) is 0 Å². The fraction of sp³-hybridized carbons (Fsp3) is 0.800. The first-order valence-corrected chi connectivity index (χ1v) is 5.36. The summed E-state index contributed by atoms with van der Waals surface area (Å²) in [6.45, 7) is 1.20. The van der Waals surface area contributed by atoms with Crippen LogP contribution in [0.5, 0.6) is 0 Å². The second-order valence-electron chi connectivity index (χ2n) is 3.87. The normalized spacial score (nSPS) is 20.6. The number of nitrogens with zero attached hydrogens (tertiary/aromatic N) is 1. The van der Waals surface area contributed by atoms with Crippen LogP contribution in [-0.2, 0) is 9.59 Å². The third kappa shape index (κ3) is 3.51. The first-order chi connectivity index (χ1) is 7.15. The zero-order chi connectivity index (χ0) is 11.3. The number of carbonyl (C=O) groups is 2. The van der Waals surface area contributed by atoms with E-state index < -0.39 is 5.97 Å². The lowest BCUT2D eigenvalue weighted by atomic mass is 10.1. The fourth-order valence-electron chi connectivity index (χ4n) is 1.97. The highest BCUT2D eigenvalue weighted by Crippen LogP contribution is 2.21. The van der Waals surface area contributed by atoms with Crippen molar-refractivity contribution in [2.75, 3.05) is 13.1 Å². The summed E-state index contributed by atoms with van der Waals surface area (Å²) >= 11 is 0. The molecular formula is C10H18N2O3. The highest BCUT2D eigenvalue weighted by molar-refractivity contribution is 5.78. The first kappa shape index (κ1) is 12.0. The Labute approximate surface area is 89.2 Å². The van der Waals surface area contributed by atoms with Crippen molar-refractivity contribution in [1.82, 2.24) is 4.90 Å². The summed E-state index contributed by atoms with van der Waals surface area (Å²) in [6.07, 6.45) is 2.89. The number of carbonyl (C=O) groups excluding carboxylic acids is 1. The Morgan fingerprint density at radius 2 is 2.20 bits per heavy atom. The minimum atomic E-state index is -0.835. The van der Waals surface area contributed by atoms with Gasteiger partial charge in [-0.2, -0.15) is 0 Å². The molecule has 0 aromatic heterocycles. The van der Waals surface area contributed by atoms with Gasteiger partial charge in [-0.05, 0) is 25.8 Å². The Morgan fingerprint density at radius 3 is 2.80 bits per heavy atom. The number of carboxylic acids is 1. The van der Waals surface area contributed by atoms with Gasteiger partial charge in [0, 0.05) is 19.0 Å². The summed E-state index contributed by atoms with van der Waals surface area (Å²) in [5.74, 6) is -0.789. The van der Waals surface area contributed by atoms with Crippen LogP contribution in [0.2, 0.25) is 0 Å². The Kier molecular flexibility index (Phi) is 4.55. The van der Waals surface area contributed by atoms with Crippen molar-refractivity contribution in [1.29, 1.82) is 0 Å². The Balaban J connectivity index is 2.44. The van der Waals surface area contributed by atoms with E-state index in [9.17, 15) is 9.59 Å². The van der Waals surface area contributed by atoms with Gasteiger partial charge in [-0.15, -0.1) is 0 Å². The molecule has 1 heterocycles. The molecule has 0 radical (unpaired) electrons. The lowest BCUT2D eigenvalue weighted by Gasteiger charge is -2.23. The summed E-state index contributed by atoms with van der Waals surface area (Å²) in [7, 11) is 0. The second-order valence-corrected chi connectivity index (χ2v) is 3.87. The minimum Gasteiger partial charge on any atom is -0.481 e. The topological polar surface area (TPSA) is 83.6 Å². The Morgan fingerprint density at radius 1 is 1.47 bits per heavy atom. The van der Waals surface area contributed by atoms with Crippen LogP contribution >= 0.6 is 0 Å². The SMILES string of the molecule is NCCCC(=O)N1CCCC1CC(=O)O. The number of likely N-dealkylation sites (tertiary alicyclic amines) is 1. The molecule has 1 aliphatic heterocycles. The lowest BCUT2D eigenvalue weighted by Crippen LogP contribution is -2.36. The predicted octanol–water partition coefficient (Wildman–Crippen LogP) is 0.191. The lowest BCUT2D eigenvalue weighted by molar-refractivity contribution is -0.139. The molecule has 0 aromatic rings. The molecule has 5 nitrogen and oxygen atoms in total. The monoisotopic (exact) mass is 214 g/mol. The maximum atomic E-state index is 11.7. The molecule has 0 aromatic carbocycles. The van der Waals surface area contributed by atoms with Gasteiger partial charge in [-0.25, -0.2) is 0 Å². The summed E-state index contributed by atoms with van der Waals surface area (Å²) in [4.78, 5) is 24.0. The highest BCUT2D eigenvalue weighted by Gasteiger charge is 2.29. The van der Waals surface area contributed by atoms with Crippen molar-refractivity contribution in [3.8, 4) is 0 Å². The number of aliphatic carboxylic acids is 1. The molecule has 1 rings (SSSR count). The fourth-order valence-corrected chi connectivity index (χ4v) is 1.97. The van der Waals surface area contributed by atoms with Crippen molar-refractivity contribution in [2.45, 2.75) is 38.1 Å². The number of carboxylic acid groups (broad SMARTS) is 1. The van der Waals surface area contributed by atoms with Gasteiger partial charge in [0.15, 0.2) is 0 Å². The maximum Gasteiger partial charge on any atom is 0.305 e. The molecule has 1 aliphatic rings. The summed E-state index contributed by atoms with van der Waals surface area (Å²) < 4.78 is 0. The number of rotatable bonds is 5. The van der Waals surface area contributed by atoms with Crippen molar-refractivity contribution in [2.24, 2.45) is 5.73 Å². The van der Waals surface area contributed by atoms with E-state index in [1.165, 1.54) is 0 Å². The van der Waals surface area contributed by atoms with E-state index in [1.54, 1.807) is 4.90 Å². The molecule has 1 fully saturated rings. The van der Waals surface area contributed by atoms with Crippen molar-refractivity contribution >= 4 is 11.9 Å². The van der Waals surface area contributed by atoms with E-state index >= 15 is 0 Å². The third-order valence-corrected chi connectivity index (χ3v) is 2.70. The number of nitrogens with two attached hydrogens (primary N) is 1. The molecule has 5 heteroatoms. The smallest absolute Gasteiger partial charge is 0.305 e. The molecule has 3 N–H and O–H groups in total. The quantitative estimate of drug-likeness (QED) is 0.684. The first-order valence-electron chi connectivity index (χ1n) is 5.36. The maximum absolute atomic E-state index is 11.7. The molecule has 1 atom stereocenters. The molecular weight excluding hydrogens is 196 g/mol. The molecule has 0 aliphatic carbocycles. The predicted molar refractivity (Wildman–Crippen MR) is 55.3 cm³/mol. The zero-order valence-electron chi connectivity index (χ0n) is 8.82. The zero-order valence-corrected chi connectivity index (χ0v) is 8.82. The molecule has 0 spiro atoms. The van der Waals surface area contributed by atoms with E-state index in [0.717, 1.165) is 12.8 Å². The molecule has 0 bridgehead atoms. The molecule has 0 saturated carbocycles. The number of amides is 1. The summed E-state index contributed by atoms with van der Waals surface area (Å²) in [5.41, 5.74) is 5.33. The summed E-state index contributed by atoms with van der Waals surface area (Å²) in [5, 5.41) is 8.69. The molecule has 1 amide bonds. The van der Waals surface area contributed by atoms with E-state index in [0.29, 0.717) is 25.9 Å². The van der Waals surface area contributed by atoms with E-state index in [1.807, 2.05) is 0 Å². The van der Waals surface area contributed by atoms with Crippen LogP contribution in [0, 0.1) is 0 Å². The average molecular weight is 214 g/mol. The van der Waals surface area contributed by atoms with Gasteiger partial charge in [0.25, 0.3) is 0 Å². The molecule has 86 valence electrons. The molecule has 15 heavy (non-hydrogen) atoms. The van der Waals surface area contributed by atoms with Gasteiger partial charge in [0.05, 0.1) is 6.42 Å². The average Bonchev–Trinajstić information content (AvgIpc) is 2.61. The van der Waals surface area contributed by atoms with Gasteiger partial charge in [-0.1, -0.05) is 0 Å². The van der Waals surface area contributed by atoms with Crippen molar-refractivity contribution in [3.05, 3.63) is 0 Å². The van der Waals surface area contributed by atoms with E-state index in [-0.39, 0.29) is 18.4 Å². The molecule has 1 saturated heterocycles. The van der Waals surface area contributed by atoms with E-state index in [4.69, 9.17) is 10.8 Å². The highest BCUT2D eigenvalue weighted by atomic mass is 16.4. The Bertz CT molecular complexity index is 243. The van der Waals surface area contributed by atoms with Crippen LogP contribution in [0.1, 0.15) is 32.1 Å².